The van der Waals surface area contributed by atoms with Crippen molar-refractivity contribution in [2.75, 3.05) is 20.1 Å². The Labute approximate surface area is 94.9 Å². The van der Waals surface area contributed by atoms with Gasteiger partial charge < -0.3 is 4.90 Å². The molecule has 0 aliphatic carbocycles. The van der Waals surface area contributed by atoms with Crippen molar-refractivity contribution in [2.24, 2.45) is 5.92 Å². The molecule has 1 atom stereocenters. The minimum absolute atomic E-state index is 0.734. The van der Waals surface area contributed by atoms with Crippen molar-refractivity contribution in [2.45, 2.75) is 12.8 Å². The molecule has 0 radical (unpaired) electrons. The maximum Gasteiger partial charge on any atom is 0.160 e. The first-order chi connectivity index (χ1) is 7.83. The summed E-state index contributed by atoms with van der Waals surface area (Å²) in [6.45, 7) is 2.39. The van der Waals surface area contributed by atoms with E-state index in [9.17, 15) is 0 Å². The highest BCUT2D eigenvalue weighted by molar-refractivity contribution is 5.37. The van der Waals surface area contributed by atoms with E-state index >= 15 is 0 Å². The number of fused-ring (bicyclic) bond motifs is 1. The van der Waals surface area contributed by atoms with E-state index in [1.54, 1.807) is 0 Å². The van der Waals surface area contributed by atoms with E-state index in [1.165, 1.54) is 19.5 Å². The highest BCUT2D eigenvalue weighted by atomic mass is 15.2. The Balaban J connectivity index is 1.84. The van der Waals surface area contributed by atoms with E-state index in [2.05, 4.69) is 26.5 Å². The molecule has 0 spiro atoms. The average molecular weight is 216 g/mol. The van der Waals surface area contributed by atoms with Crippen molar-refractivity contribution in [3.8, 4) is 0 Å². The minimum Gasteiger partial charge on any atom is -0.306 e. The smallest absolute Gasteiger partial charge is 0.160 e. The number of pyridine rings is 1. The van der Waals surface area contributed by atoms with Crippen LogP contribution in [0.15, 0.2) is 24.4 Å². The van der Waals surface area contributed by atoms with Gasteiger partial charge in [0.25, 0.3) is 0 Å². The summed E-state index contributed by atoms with van der Waals surface area (Å²) in [4.78, 5) is 2.38. The third-order valence-electron chi connectivity index (χ3n) is 3.34. The maximum absolute atomic E-state index is 4.28. The van der Waals surface area contributed by atoms with Gasteiger partial charge in [-0.05, 0) is 38.1 Å². The molecule has 1 fully saturated rings. The Bertz CT molecular complexity index is 490. The molecule has 3 rings (SSSR count). The second kappa shape index (κ2) is 3.87. The first kappa shape index (κ1) is 9.78. The number of hydrogen-bond acceptors (Lipinski definition) is 3. The van der Waals surface area contributed by atoms with Gasteiger partial charge >= 0.3 is 0 Å². The van der Waals surface area contributed by atoms with Crippen LogP contribution in [-0.2, 0) is 6.42 Å². The Morgan fingerprint density at radius 3 is 3.12 bits per heavy atom. The highest BCUT2D eigenvalue weighted by Crippen LogP contribution is 2.18. The monoisotopic (exact) mass is 216 g/mol. The van der Waals surface area contributed by atoms with Crippen molar-refractivity contribution in [1.29, 1.82) is 0 Å². The third-order valence-corrected chi connectivity index (χ3v) is 3.34. The lowest BCUT2D eigenvalue weighted by atomic mass is 10.0. The van der Waals surface area contributed by atoms with E-state index in [1.807, 2.05) is 24.4 Å². The van der Waals surface area contributed by atoms with Gasteiger partial charge in [-0.2, -0.15) is 0 Å². The molecule has 1 aliphatic heterocycles. The quantitative estimate of drug-likeness (QED) is 0.757. The fraction of sp³-hybridized carbons (Fsp3) is 0.500. The number of likely N-dealkylation sites (tertiary alicyclic amines) is 1. The van der Waals surface area contributed by atoms with Crippen LogP contribution in [0.2, 0.25) is 0 Å². The summed E-state index contributed by atoms with van der Waals surface area (Å²) in [5, 5.41) is 8.46. The lowest BCUT2D eigenvalue weighted by molar-refractivity contribution is 0.392. The van der Waals surface area contributed by atoms with Crippen molar-refractivity contribution in [1.82, 2.24) is 19.5 Å². The number of hydrogen-bond donors (Lipinski definition) is 0. The van der Waals surface area contributed by atoms with Crippen molar-refractivity contribution < 1.29 is 0 Å². The maximum atomic E-state index is 4.28. The van der Waals surface area contributed by atoms with E-state index in [0.717, 1.165) is 23.8 Å². The van der Waals surface area contributed by atoms with Gasteiger partial charge in [-0.3, -0.25) is 4.40 Å². The van der Waals surface area contributed by atoms with Crippen LogP contribution in [0.5, 0.6) is 0 Å². The van der Waals surface area contributed by atoms with Gasteiger partial charge in [0, 0.05) is 19.2 Å². The molecule has 0 bridgehead atoms. The van der Waals surface area contributed by atoms with Crippen molar-refractivity contribution >= 4 is 5.65 Å². The summed E-state index contributed by atoms with van der Waals surface area (Å²) < 4.78 is 2.10. The van der Waals surface area contributed by atoms with Crippen LogP contribution >= 0.6 is 0 Å². The van der Waals surface area contributed by atoms with Crippen LogP contribution in [0.3, 0.4) is 0 Å². The topological polar surface area (TPSA) is 33.4 Å². The molecule has 0 N–H and O–H groups in total. The zero-order valence-electron chi connectivity index (χ0n) is 9.50. The molecule has 1 unspecified atom stereocenters. The van der Waals surface area contributed by atoms with Gasteiger partial charge in [-0.1, -0.05) is 6.07 Å². The molecule has 4 nitrogen and oxygen atoms in total. The fourth-order valence-electron chi connectivity index (χ4n) is 2.48. The Kier molecular flexibility index (Phi) is 2.36. The molecule has 2 aromatic heterocycles. The van der Waals surface area contributed by atoms with Gasteiger partial charge in [0.1, 0.15) is 5.82 Å². The molecular formula is C12H16N4. The van der Waals surface area contributed by atoms with Crippen LogP contribution in [-0.4, -0.2) is 39.6 Å². The van der Waals surface area contributed by atoms with E-state index < -0.39 is 0 Å². The summed E-state index contributed by atoms with van der Waals surface area (Å²) >= 11 is 0. The predicted molar refractivity (Wildman–Crippen MR) is 62.3 cm³/mol. The van der Waals surface area contributed by atoms with Crippen LogP contribution in [0.4, 0.5) is 0 Å². The summed E-state index contributed by atoms with van der Waals surface area (Å²) in [6, 6.07) is 6.02. The zero-order valence-corrected chi connectivity index (χ0v) is 9.50. The number of rotatable bonds is 2. The lowest BCUT2D eigenvalue weighted by Crippen LogP contribution is -2.15. The van der Waals surface area contributed by atoms with Crippen LogP contribution in [0.1, 0.15) is 12.2 Å². The third kappa shape index (κ3) is 1.69. The van der Waals surface area contributed by atoms with Gasteiger partial charge in [-0.15, -0.1) is 10.2 Å². The number of nitrogens with zero attached hydrogens (tertiary/aromatic N) is 4. The molecule has 0 saturated carbocycles. The van der Waals surface area contributed by atoms with E-state index in [-0.39, 0.29) is 0 Å². The van der Waals surface area contributed by atoms with Crippen LogP contribution in [0, 0.1) is 5.92 Å². The Morgan fingerprint density at radius 1 is 1.38 bits per heavy atom. The van der Waals surface area contributed by atoms with E-state index in [0.29, 0.717) is 0 Å². The molecule has 84 valence electrons. The fourth-order valence-corrected chi connectivity index (χ4v) is 2.48. The second-order valence-electron chi connectivity index (χ2n) is 4.67. The first-order valence-electron chi connectivity index (χ1n) is 5.80. The van der Waals surface area contributed by atoms with Crippen molar-refractivity contribution in [3.05, 3.63) is 30.2 Å². The van der Waals surface area contributed by atoms with Gasteiger partial charge in [0.2, 0.25) is 0 Å². The molecule has 1 aliphatic rings. The molecule has 1 saturated heterocycles. The zero-order chi connectivity index (χ0) is 11.0. The molecule has 0 amide bonds. The SMILES string of the molecule is CN1CCC(Cc2nnc3ccccn23)C1. The Morgan fingerprint density at radius 2 is 2.31 bits per heavy atom. The average Bonchev–Trinajstić information content (AvgIpc) is 2.87. The van der Waals surface area contributed by atoms with Gasteiger partial charge in [-0.25, -0.2) is 0 Å². The summed E-state index contributed by atoms with van der Waals surface area (Å²) in [6.07, 6.45) is 4.36. The molecule has 16 heavy (non-hydrogen) atoms. The van der Waals surface area contributed by atoms with E-state index in [4.69, 9.17) is 0 Å². The Hall–Kier alpha value is -1.42. The summed E-state index contributed by atoms with van der Waals surface area (Å²) in [7, 11) is 2.18. The van der Waals surface area contributed by atoms with Crippen molar-refractivity contribution in [3.63, 3.8) is 0 Å². The normalized spacial score (nSPS) is 21.9. The van der Waals surface area contributed by atoms with Crippen LogP contribution in [0.25, 0.3) is 5.65 Å². The minimum atomic E-state index is 0.734. The number of aromatic nitrogens is 3. The lowest BCUT2D eigenvalue weighted by Gasteiger charge is -2.08. The molecule has 2 aromatic rings. The van der Waals surface area contributed by atoms with Gasteiger partial charge in [0.15, 0.2) is 5.65 Å². The highest BCUT2D eigenvalue weighted by Gasteiger charge is 2.21. The summed E-state index contributed by atoms with van der Waals surface area (Å²) in [5.74, 6) is 1.83. The molecule has 0 aromatic carbocycles. The largest absolute Gasteiger partial charge is 0.306 e. The predicted octanol–water partition coefficient (Wildman–Crippen LogP) is 1.22. The van der Waals surface area contributed by atoms with Crippen LogP contribution < -0.4 is 0 Å². The second-order valence-corrected chi connectivity index (χ2v) is 4.67. The standard InChI is InChI=1S/C12H16N4/c1-15-7-5-10(9-15)8-12-14-13-11-4-2-3-6-16(11)12/h2-4,6,10H,5,7-9H2,1H3. The summed E-state index contributed by atoms with van der Waals surface area (Å²) in [5.41, 5.74) is 0.948. The first-order valence-corrected chi connectivity index (χ1v) is 5.80. The molecule has 4 heteroatoms. The van der Waals surface area contributed by atoms with Gasteiger partial charge in [0.05, 0.1) is 0 Å². The molecule has 3 heterocycles. The molecular weight excluding hydrogens is 200 g/mol.